The zero-order chi connectivity index (χ0) is 8.39. The van der Waals surface area contributed by atoms with E-state index in [1.54, 1.807) is 0 Å². The van der Waals surface area contributed by atoms with Gasteiger partial charge in [0.05, 0.1) is 5.01 Å². The van der Waals surface area contributed by atoms with Gasteiger partial charge in [-0.05, 0) is 17.6 Å². The normalized spacial score (nSPS) is 19.7. The third-order valence-corrected chi connectivity index (χ3v) is 3.67. The predicted molar refractivity (Wildman–Crippen MR) is 56.1 cm³/mol. The van der Waals surface area contributed by atoms with Crippen LogP contribution in [0.2, 0.25) is 0 Å². The third kappa shape index (κ3) is 1.71. The van der Waals surface area contributed by atoms with E-state index in [0.717, 1.165) is 5.92 Å². The fourth-order valence-corrected chi connectivity index (χ4v) is 2.85. The lowest BCUT2D eigenvalue weighted by Crippen LogP contribution is -2.03. The molecule has 0 saturated heterocycles. The molecule has 0 unspecified atom stereocenters. The molecule has 1 nitrogen and oxygen atoms in total. The molecule has 0 spiro atoms. The highest BCUT2D eigenvalue weighted by Gasteiger charge is 2.17. The van der Waals surface area contributed by atoms with Gasteiger partial charge in [0.25, 0.3) is 0 Å². The molecule has 64 valence electrons. The molecule has 1 saturated carbocycles. The van der Waals surface area contributed by atoms with Crippen molar-refractivity contribution in [2.75, 3.05) is 0 Å². The van der Waals surface area contributed by atoms with Crippen LogP contribution in [0.1, 0.15) is 43.0 Å². The highest BCUT2D eigenvalue weighted by atomic mass is 32.1. The zero-order valence-electron chi connectivity index (χ0n) is 7.55. The summed E-state index contributed by atoms with van der Waals surface area (Å²) in [6.45, 7) is 0. The molecule has 0 aromatic carbocycles. The van der Waals surface area contributed by atoms with E-state index in [1.165, 1.54) is 41.9 Å². The van der Waals surface area contributed by atoms with E-state index in [1.807, 2.05) is 17.5 Å². The second-order valence-electron chi connectivity index (χ2n) is 3.64. The van der Waals surface area contributed by atoms with Gasteiger partial charge in [0.15, 0.2) is 7.85 Å². The lowest BCUT2D eigenvalue weighted by Gasteiger charge is -2.18. The van der Waals surface area contributed by atoms with Gasteiger partial charge in [-0.1, -0.05) is 19.3 Å². The van der Waals surface area contributed by atoms with Crippen molar-refractivity contribution in [2.45, 2.75) is 38.0 Å². The average molecular weight is 179 g/mol. The Hall–Kier alpha value is -0.305. The van der Waals surface area contributed by atoms with E-state index in [2.05, 4.69) is 12.8 Å². The molecular weight excluding hydrogens is 165 g/mol. The monoisotopic (exact) mass is 179 g/mol. The molecule has 12 heavy (non-hydrogen) atoms. The summed E-state index contributed by atoms with van der Waals surface area (Å²) in [6, 6.07) is 0. The summed E-state index contributed by atoms with van der Waals surface area (Å²) in [4.78, 5) is 4.46. The summed E-state index contributed by atoms with van der Waals surface area (Å²) in [5.41, 5.74) is 0. The Labute approximate surface area is 78.6 Å². The zero-order valence-corrected chi connectivity index (χ0v) is 8.36. The smallest absolute Gasteiger partial charge is 0.154 e. The molecule has 1 aliphatic rings. The van der Waals surface area contributed by atoms with Gasteiger partial charge in [0.2, 0.25) is 0 Å². The molecule has 2 rings (SSSR count). The van der Waals surface area contributed by atoms with E-state index in [4.69, 9.17) is 0 Å². The van der Waals surface area contributed by atoms with Gasteiger partial charge in [0.1, 0.15) is 0 Å². The van der Waals surface area contributed by atoms with Crippen LogP contribution >= 0.6 is 11.3 Å². The Morgan fingerprint density at radius 2 is 2.08 bits per heavy atom. The first-order valence-electron chi connectivity index (χ1n) is 4.78. The lowest BCUT2D eigenvalue weighted by atomic mass is 9.90. The summed E-state index contributed by atoms with van der Waals surface area (Å²) in [7, 11) is 2.14. The number of hydrogen-bond acceptors (Lipinski definition) is 2. The van der Waals surface area contributed by atoms with Crippen LogP contribution in [0.5, 0.6) is 0 Å². The van der Waals surface area contributed by atoms with Gasteiger partial charge in [-0.2, -0.15) is 0 Å². The molecule has 1 heterocycles. The van der Waals surface area contributed by atoms with Crippen molar-refractivity contribution in [1.82, 2.24) is 4.98 Å². The maximum atomic E-state index is 4.46. The molecule has 3 heteroatoms. The second-order valence-corrected chi connectivity index (χ2v) is 4.91. The Balaban J connectivity index is 2.08. The third-order valence-electron chi connectivity index (χ3n) is 2.59. The standard InChI is InChI=1S/C9H14BNS/c10-8-6-11-9(12-8)7-4-2-1-3-5-7/h6-7H,1-5,10H2. The van der Waals surface area contributed by atoms with Crippen molar-refractivity contribution in [3.63, 3.8) is 0 Å². The fraction of sp³-hybridized carbons (Fsp3) is 0.667. The number of nitrogens with zero attached hydrogens (tertiary/aromatic N) is 1. The molecule has 0 aliphatic heterocycles. The Morgan fingerprint density at radius 1 is 1.33 bits per heavy atom. The fourth-order valence-electron chi connectivity index (χ4n) is 1.91. The van der Waals surface area contributed by atoms with E-state index < -0.39 is 0 Å². The first-order valence-corrected chi connectivity index (χ1v) is 5.60. The molecule has 0 amide bonds. The molecule has 0 bridgehead atoms. The number of rotatable bonds is 1. The van der Waals surface area contributed by atoms with Crippen molar-refractivity contribution < 1.29 is 0 Å². The van der Waals surface area contributed by atoms with Crippen molar-refractivity contribution in [3.8, 4) is 0 Å². The number of hydrogen-bond donors (Lipinski definition) is 0. The average Bonchev–Trinajstić information content (AvgIpc) is 2.54. The van der Waals surface area contributed by atoms with Crippen LogP contribution in [0, 0.1) is 0 Å². The quantitative estimate of drug-likeness (QED) is 0.594. The van der Waals surface area contributed by atoms with Crippen molar-refractivity contribution in [3.05, 3.63) is 11.2 Å². The maximum Gasteiger partial charge on any atom is 0.154 e. The largest absolute Gasteiger partial charge is 0.250 e. The van der Waals surface area contributed by atoms with E-state index in [9.17, 15) is 0 Å². The molecule has 0 atom stereocenters. The van der Waals surface area contributed by atoms with Crippen molar-refractivity contribution in [2.24, 2.45) is 0 Å². The molecule has 1 fully saturated rings. The first kappa shape index (κ1) is 8.30. The van der Waals surface area contributed by atoms with Gasteiger partial charge in [-0.25, -0.2) is 0 Å². The minimum atomic E-state index is 0.789. The van der Waals surface area contributed by atoms with Crippen LogP contribution in [0.25, 0.3) is 0 Å². The second kappa shape index (κ2) is 3.61. The van der Waals surface area contributed by atoms with Crippen LogP contribution < -0.4 is 4.78 Å². The molecular formula is C9H14BNS. The number of thiazole rings is 1. The van der Waals surface area contributed by atoms with Crippen molar-refractivity contribution in [1.29, 1.82) is 0 Å². The van der Waals surface area contributed by atoms with Gasteiger partial charge < -0.3 is 0 Å². The van der Waals surface area contributed by atoms with Crippen LogP contribution in [-0.4, -0.2) is 12.8 Å². The SMILES string of the molecule is Bc1cnc(C2CCCCC2)s1. The Morgan fingerprint density at radius 3 is 2.67 bits per heavy atom. The predicted octanol–water partition coefficient (Wildman–Crippen LogP) is 1.45. The maximum absolute atomic E-state index is 4.46. The van der Waals surface area contributed by atoms with E-state index >= 15 is 0 Å². The lowest BCUT2D eigenvalue weighted by molar-refractivity contribution is 0.442. The van der Waals surface area contributed by atoms with Gasteiger partial charge in [-0.3, -0.25) is 4.98 Å². The summed E-state index contributed by atoms with van der Waals surface area (Å²) in [5, 5.41) is 1.38. The number of aromatic nitrogens is 1. The Kier molecular flexibility index (Phi) is 2.49. The highest BCUT2D eigenvalue weighted by Crippen LogP contribution is 2.32. The molecule has 0 N–H and O–H groups in total. The summed E-state index contributed by atoms with van der Waals surface area (Å²) >= 11 is 1.88. The summed E-state index contributed by atoms with van der Waals surface area (Å²) < 4.78 is 1.36. The van der Waals surface area contributed by atoms with Gasteiger partial charge in [0, 0.05) is 12.1 Å². The van der Waals surface area contributed by atoms with Crippen LogP contribution in [-0.2, 0) is 0 Å². The van der Waals surface area contributed by atoms with Crippen LogP contribution in [0.15, 0.2) is 6.20 Å². The van der Waals surface area contributed by atoms with Gasteiger partial charge in [-0.15, -0.1) is 11.3 Å². The van der Waals surface area contributed by atoms with Crippen molar-refractivity contribution >= 4 is 24.0 Å². The molecule has 0 radical (unpaired) electrons. The van der Waals surface area contributed by atoms with Gasteiger partial charge >= 0.3 is 0 Å². The van der Waals surface area contributed by atoms with Crippen LogP contribution in [0.3, 0.4) is 0 Å². The first-order chi connectivity index (χ1) is 5.86. The topological polar surface area (TPSA) is 12.9 Å². The molecule has 1 aromatic rings. The molecule has 1 aromatic heterocycles. The highest BCUT2D eigenvalue weighted by molar-refractivity contribution is 7.19. The molecule has 1 aliphatic carbocycles. The van der Waals surface area contributed by atoms with Crippen LogP contribution in [0.4, 0.5) is 0 Å². The van der Waals surface area contributed by atoms with E-state index in [-0.39, 0.29) is 0 Å². The van der Waals surface area contributed by atoms with E-state index in [0.29, 0.717) is 0 Å². The minimum Gasteiger partial charge on any atom is -0.250 e. The summed E-state index contributed by atoms with van der Waals surface area (Å²) in [5.74, 6) is 0.789. The summed E-state index contributed by atoms with van der Waals surface area (Å²) in [6.07, 6.45) is 8.99. The minimum absolute atomic E-state index is 0.789. The Bertz CT molecular complexity index is 253.